The minimum atomic E-state index is -0.670. The summed E-state index contributed by atoms with van der Waals surface area (Å²) in [6.45, 7) is 0.421. The van der Waals surface area contributed by atoms with E-state index in [-0.39, 0.29) is 24.1 Å². The summed E-state index contributed by atoms with van der Waals surface area (Å²) in [5, 5.41) is 4.95. The van der Waals surface area contributed by atoms with Crippen LogP contribution in [0.15, 0.2) is 0 Å². The summed E-state index contributed by atoms with van der Waals surface area (Å²) in [5.74, 6) is 0.194. The predicted octanol–water partition coefficient (Wildman–Crippen LogP) is -1.59. The summed E-state index contributed by atoms with van der Waals surface area (Å²) < 4.78 is 0. The third kappa shape index (κ3) is 6.11. The average Bonchev–Trinajstić information content (AvgIpc) is 2.21. The Balaban J connectivity index is 3.61. The van der Waals surface area contributed by atoms with Gasteiger partial charge in [-0.05, 0) is 0 Å². The minimum Gasteiger partial charge on any atom is -0.354 e. The molecule has 0 aromatic heterocycles. The number of carbonyl (C=O) groups excluding carboxylic acids is 2. The van der Waals surface area contributed by atoms with E-state index >= 15 is 0 Å². The number of carbonyl (C=O) groups is 2. The number of rotatable bonds is 6. The van der Waals surface area contributed by atoms with Gasteiger partial charge in [-0.3, -0.25) is 9.59 Å². The van der Waals surface area contributed by atoms with Gasteiger partial charge < -0.3 is 16.4 Å². The third-order valence-corrected chi connectivity index (χ3v) is 2.01. The van der Waals surface area contributed by atoms with Crippen molar-refractivity contribution in [2.45, 2.75) is 6.04 Å². The van der Waals surface area contributed by atoms with Crippen molar-refractivity contribution in [3.05, 3.63) is 0 Å². The smallest absolute Gasteiger partial charge is 0.239 e. The Bertz CT molecular complexity index is 201. The van der Waals surface area contributed by atoms with Crippen LogP contribution in [0.3, 0.4) is 0 Å². The van der Waals surface area contributed by atoms with Gasteiger partial charge >= 0.3 is 0 Å². The van der Waals surface area contributed by atoms with Crippen molar-refractivity contribution >= 4 is 37.1 Å². The van der Waals surface area contributed by atoms with Gasteiger partial charge in [0.1, 0.15) is 0 Å². The topological polar surface area (TPSA) is 84.2 Å². The van der Waals surface area contributed by atoms with Crippen molar-refractivity contribution in [2.24, 2.45) is 5.73 Å². The van der Waals surface area contributed by atoms with Gasteiger partial charge in [0.05, 0.1) is 12.6 Å². The van der Waals surface area contributed by atoms with Crippen LogP contribution in [-0.2, 0) is 9.59 Å². The van der Waals surface area contributed by atoms with Crippen LogP contribution < -0.4 is 16.4 Å². The molecular weight excluding hydrogens is 222 g/mol. The van der Waals surface area contributed by atoms with Crippen molar-refractivity contribution in [1.82, 2.24) is 10.6 Å². The number of nitrogens with two attached hydrogens (primary N) is 1. The van der Waals surface area contributed by atoms with E-state index in [0.717, 1.165) is 0 Å². The Morgan fingerprint density at radius 2 is 1.93 bits per heavy atom. The molecule has 0 unspecified atom stereocenters. The summed E-state index contributed by atoms with van der Waals surface area (Å²) in [7, 11) is 0. The monoisotopic (exact) mass is 237 g/mol. The van der Waals surface area contributed by atoms with Gasteiger partial charge in [0.2, 0.25) is 11.8 Å². The second kappa shape index (κ2) is 7.95. The average molecular weight is 237 g/mol. The highest BCUT2D eigenvalue weighted by Crippen LogP contribution is 1.82. The number of thiol groups is 2. The Morgan fingerprint density at radius 3 is 2.43 bits per heavy atom. The van der Waals surface area contributed by atoms with Crippen LogP contribution in [0.1, 0.15) is 0 Å². The lowest BCUT2D eigenvalue weighted by Crippen LogP contribution is -2.45. The van der Waals surface area contributed by atoms with Crippen LogP contribution in [0.5, 0.6) is 0 Å². The standard InChI is InChI=1S/C7H15N3O2S2/c8-5(4-14)7(12)10-3-6(11)9-1-2-13/h5,13-14H,1-4,8H2,(H,9,11)(H,10,12)/t5-/m0/s1. The lowest BCUT2D eigenvalue weighted by Gasteiger charge is -2.09. The summed E-state index contributed by atoms with van der Waals surface area (Å²) in [6, 6.07) is -0.670. The van der Waals surface area contributed by atoms with E-state index in [2.05, 4.69) is 35.9 Å². The highest BCUT2D eigenvalue weighted by atomic mass is 32.1. The van der Waals surface area contributed by atoms with Crippen LogP contribution >= 0.6 is 25.3 Å². The fraction of sp³-hybridized carbons (Fsp3) is 0.714. The van der Waals surface area contributed by atoms with E-state index in [0.29, 0.717) is 12.3 Å². The van der Waals surface area contributed by atoms with Gasteiger partial charge in [0.25, 0.3) is 0 Å². The number of hydrogen-bond acceptors (Lipinski definition) is 5. The quantitative estimate of drug-likeness (QED) is 0.361. The molecule has 0 aliphatic rings. The van der Waals surface area contributed by atoms with Crippen molar-refractivity contribution in [1.29, 1.82) is 0 Å². The molecule has 0 radical (unpaired) electrons. The summed E-state index contributed by atoms with van der Waals surface area (Å²) in [5.41, 5.74) is 5.37. The van der Waals surface area contributed by atoms with Crippen LogP contribution in [0.4, 0.5) is 0 Å². The Labute approximate surface area is 94.0 Å². The maximum absolute atomic E-state index is 11.1. The Morgan fingerprint density at radius 1 is 1.29 bits per heavy atom. The van der Waals surface area contributed by atoms with Gasteiger partial charge in [-0.25, -0.2) is 0 Å². The van der Waals surface area contributed by atoms with Crippen LogP contribution in [0, 0.1) is 0 Å². The van der Waals surface area contributed by atoms with Gasteiger partial charge in [-0.2, -0.15) is 25.3 Å². The second-order valence-corrected chi connectivity index (χ2v) is 3.39. The largest absolute Gasteiger partial charge is 0.354 e. The molecule has 0 aliphatic heterocycles. The summed E-state index contributed by atoms with van der Waals surface area (Å²) in [6.07, 6.45) is 0. The van der Waals surface area contributed by atoms with Crippen LogP contribution in [0.2, 0.25) is 0 Å². The first-order valence-electron chi connectivity index (χ1n) is 4.13. The zero-order chi connectivity index (χ0) is 11.0. The summed E-state index contributed by atoms with van der Waals surface area (Å²) >= 11 is 7.78. The molecular formula is C7H15N3O2S2. The van der Waals surface area contributed by atoms with E-state index in [9.17, 15) is 9.59 Å². The van der Waals surface area contributed by atoms with Gasteiger partial charge in [-0.15, -0.1) is 0 Å². The number of amides is 2. The molecule has 82 valence electrons. The molecule has 0 saturated heterocycles. The Kier molecular flexibility index (Phi) is 7.73. The highest BCUT2D eigenvalue weighted by molar-refractivity contribution is 7.80. The van der Waals surface area contributed by atoms with E-state index in [4.69, 9.17) is 5.73 Å². The molecule has 0 aromatic rings. The second-order valence-electron chi connectivity index (χ2n) is 2.58. The van der Waals surface area contributed by atoms with Crippen molar-refractivity contribution < 1.29 is 9.59 Å². The molecule has 5 nitrogen and oxygen atoms in total. The van der Waals surface area contributed by atoms with Gasteiger partial charge in [0.15, 0.2) is 0 Å². The molecule has 0 fully saturated rings. The first kappa shape index (κ1) is 13.6. The molecule has 7 heteroatoms. The first-order chi connectivity index (χ1) is 6.61. The molecule has 1 atom stereocenters. The first-order valence-corrected chi connectivity index (χ1v) is 5.40. The summed E-state index contributed by atoms with van der Waals surface area (Å²) in [4.78, 5) is 22.1. The SMILES string of the molecule is N[C@@H](CS)C(=O)NCC(=O)NCCS. The zero-order valence-corrected chi connectivity index (χ0v) is 9.48. The van der Waals surface area contributed by atoms with Gasteiger partial charge in [-0.1, -0.05) is 0 Å². The fourth-order valence-electron chi connectivity index (χ4n) is 0.639. The maximum atomic E-state index is 11.1. The molecule has 0 rings (SSSR count). The lowest BCUT2D eigenvalue weighted by molar-refractivity contribution is -0.126. The molecule has 2 amide bonds. The predicted molar refractivity (Wildman–Crippen MR) is 61.7 cm³/mol. The zero-order valence-electron chi connectivity index (χ0n) is 7.69. The molecule has 0 spiro atoms. The lowest BCUT2D eigenvalue weighted by atomic mass is 10.3. The normalized spacial score (nSPS) is 11.9. The molecule has 0 bridgehead atoms. The van der Waals surface area contributed by atoms with E-state index in [1.54, 1.807) is 0 Å². The molecule has 0 heterocycles. The van der Waals surface area contributed by atoms with Crippen LogP contribution in [0.25, 0.3) is 0 Å². The van der Waals surface area contributed by atoms with Gasteiger partial charge in [0, 0.05) is 18.1 Å². The molecule has 0 saturated carbocycles. The minimum absolute atomic E-state index is 0.0614. The van der Waals surface area contributed by atoms with E-state index in [1.165, 1.54) is 0 Å². The number of hydrogen-bond donors (Lipinski definition) is 5. The molecule has 0 aromatic carbocycles. The van der Waals surface area contributed by atoms with Crippen molar-refractivity contribution in [2.75, 3.05) is 24.6 Å². The van der Waals surface area contributed by atoms with E-state index in [1.807, 2.05) is 0 Å². The van der Waals surface area contributed by atoms with Crippen molar-refractivity contribution in [3.63, 3.8) is 0 Å². The molecule has 4 N–H and O–H groups in total. The highest BCUT2D eigenvalue weighted by Gasteiger charge is 2.11. The molecule has 0 aliphatic carbocycles. The van der Waals surface area contributed by atoms with Crippen LogP contribution in [-0.4, -0.2) is 42.5 Å². The van der Waals surface area contributed by atoms with Crippen molar-refractivity contribution in [3.8, 4) is 0 Å². The fourth-order valence-corrected chi connectivity index (χ4v) is 0.917. The molecule has 14 heavy (non-hydrogen) atoms. The maximum Gasteiger partial charge on any atom is 0.239 e. The number of nitrogens with one attached hydrogen (secondary N) is 2. The third-order valence-electron chi connectivity index (χ3n) is 1.39. The van der Waals surface area contributed by atoms with E-state index < -0.39 is 6.04 Å². The Hall–Kier alpha value is -0.400.